The summed E-state index contributed by atoms with van der Waals surface area (Å²) in [6.07, 6.45) is 1.01. The third kappa shape index (κ3) is 2.99. The maximum atomic E-state index is 12.0. The third-order valence-electron chi connectivity index (χ3n) is 2.35. The van der Waals surface area contributed by atoms with E-state index in [9.17, 15) is 8.42 Å². The lowest BCUT2D eigenvalue weighted by atomic mass is 10.4. The molecule has 1 atom stereocenters. The summed E-state index contributed by atoms with van der Waals surface area (Å²) in [7, 11) is -3.21. The van der Waals surface area contributed by atoms with Crippen molar-refractivity contribution in [3.8, 4) is 0 Å². The van der Waals surface area contributed by atoms with E-state index in [-0.39, 0.29) is 11.2 Å². The second-order valence-corrected chi connectivity index (χ2v) is 6.92. The van der Waals surface area contributed by atoms with E-state index in [0.29, 0.717) is 11.5 Å². The topological polar surface area (TPSA) is 43.4 Å². The fourth-order valence-electron chi connectivity index (χ4n) is 1.54. The predicted octanol–water partition coefficient (Wildman–Crippen LogP) is 1.94. The molecule has 0 N–H and O–H groups in total. The monoisotopic (exact) mass is 258 g/mol. The second-order valence-electron chi connectivity index (χ2n) is 3.62. The Hall–Kier alpha value is -0.520. The van der Waals surface area contributed by atoms with Crippen molar-refractivity contribution < 1.29 is 13.2 Å². The average Bonchev–Trinajstić information content (AvgIpc) is 2.31. The number of hydrogen-bond donors (Lipinski definition) is 0. The minimum absolute atomic E-state index is 0.0711. The van der Waals surface area contributed by atoms with Crippen LogP contribution in [0, 0.1) is 0 Å². The summed E-state index contributed by atoms with van der Waals surface area (Å²) >= 11 is 1.58. The van der Waals surface area contributed by atoms with Crippen molar-refractivity contribution in [2.45, 2.75) is 16.8 Å². The van der Waals surface area contributed by atoms with Gasteiger partial charge in [0, 0.05) is 6.61 Å². The molecule has 16 heavy (non-hydrogen) atoms. The van der Waals surface area contributed by atoms with Gasteiger partial charge in [0.05, 0.1) is 10.6 Å². The molecule has 1 aliphatic rings. The highest BCUT2D eigenvalue weighted by atomic mass is 32.2. The van der Waals surface area contributed by atoms with Crippen molar-refractivity contribution in [2.24, 2.45) is 0 Å². The molecule has 1 saturated heterocycles. The van der Waals surface area contributed by atoms with Crippen molar-refractivity contribution in [1.82, 2.24) is 0 Å². The molecule has 0 bridgehead atoms. The van der Waals surface area contributed by atoms with Crippen molar-refractivity contribution in [2.75, 3.05) is 18.1 Å². The summed E-state index contributed by atoms with van der Waals surface area (Å²) in [5.74, 6) is 1.05. The zero-order chi connectivity index (χ0) is 11.4. The van der Waals surface area contributed by atoms with Crippen molar-refractivity contribution in [3.05, 3.63) is 30.3 Å². The van der Waals surface area contributed by atoms with E-state index in [1.54, 1.807) is 36.0 Å². The van der Waals surface area contributed by atoms with Crippen LogP contribution in [-0.2, 0) is 14.6 Å². The van der Waals surface area contributed by atoms with Gasteiger partial charge in [0.1, 0.15) is 5.44 Å². The van der Waals surface area contributed by atoms with Gasteiger partial charge in [-0.3, -0.25) is 0 Å². The molecule has 1 aromatic rings. The van der Waals surface area contributed by atoms with E-state index < -0.39 is 9.84 Å². The van der Waals surface area contributed by atoms with Gasteiger partial charge in [-0.05, 0) is 24.3 Å². The first-order chi connectivity index (χ1) is 7.68. The van der Waals surface area contributed by atoms with Crippen LogP contribution in [-0.4, -0.2) is 32.0 Å². The highest BCUT2D eigenvalue weighted by Crippen LogP contribution is 2.23. The molecular formula is C11H14O3S2. The Balaban J connectivity index is 2.08. The minimum Gasteiger partial charge on any atom is -0.366 e. The van der Waals surface area contributed by atoms with Crippen molar-refractivity contribution >= 4 is 21.6 Å². The molecule has 88 valence electrons. The molecule has 0 aliphatic carbocycles. The van der Waals surface area contributed by atoms with Gasteiger partial charge < -0.3 is 4.74 Å². The molecule has 3 nitrogen and oxygen atoms in total. The van der Waals surface area contributed by atoms with Crippen LogP contribution < -0.4 is 0 Å². The van der Waals surface area contributed by atoms with Crippen LogP contribution in [0.4, 0.5) is 0 Å². The largest absolute Gasteiger partial charge is 0.366 e. The maximum absolute atomic E-state index is 12.0. The van der Waals surface area contributed by atoms with Crippen LogP contribution in [0.15, 0.2) is 35.2 Å². The third-order valence-corrected chi connectivity index (χ3v) is 5.50. The number of ether oxygens (including phenoxy) is 1. The molecular weight excluding hydrogens is 244 g/mol. The molecule has 0 amide bonds. The van der Waals surface area contributed by atoms with Crippen LogP contribution in [0.5, 0.6) is 0 Å². The Morgan fingerprint density at radius 3 is 2.69 bits per heavy atom. The Bertz CT molecular complexity index is 422. The summed E-state index contributed by atoms with van der Waals surface area (Å²) in [6, 6.07) is 8.54. The summed E-state index contributed by atoms with van der Waals surface area (Å²) in [6.45, 7) is 0.669. The zero-order valence-electron chi connectivity index (χ0n) is 8.83. The second kappa shape index (κ2) is 5.21. The first kappa shape index (κ1) is 12.0. The number of rotatable bonds is 3. The number of hydrogen-bond acceptors (Lipinski definition) is 4. The zero-order valence-corrected chi connectivity index (χ0v) is 10.5. The quantitative estimate of drug-likeness (QED) is 0.831. The van der Waals surface area contributed by atoms with Gasteiger partial charge >= 0.3 is 0 Å². The molecule has 0 radical (unpaired) electrons. The first-order valence-corrected chi connectivity index (χ1v) is 7.89. The van der Waals surface area contributed by atoms with E-state index in [0.717, 1.165) is 12.2 Å². The van der Waals surface area contributed by atoms with Crippen LogP contribution in [0.25, 0.3) is 0 Å². The predicted molar refractivity (Wildman–Crippen MR) is 65.3 cm³/mol. The molecule has 1 fully saturated rings. The number of sulfone groups is 1. The van der Waals surface area contributed by atoms with E-state index in [1.165, 1.54) is 0 Å². The number of benzene rings is 1. The molecule has 1 aromatic carbocycles. The highest BCUT2D eigenvalue weighted by molar-refractivity contribution is 8.01. The normalized spacial score (nSPS) is 21.9. The highest BCUT2D eigenvalue weighted by Gasteiger charge is 2.23. The maximum Gasteiger partial charge on any atom is 0.181 e. The Morgan fingerprint density at radius 2 is 2.06 bits per heavy atom. The Morgan fingerprint density at radius 1 is 1.31 bits per heavy atom. The molecule has 1 aliphatic heterocycles. The molecule has 0 aromatic heterocycles. The fraction of sp³-hybridized carbons (Fsp3) is 0.455. The molecule has 1 unspecified atom stereocenters. The lowest BCUT2D eigenvalue weighted by molar-refractivity contribution is 0.119. The van der Waals surface area contributed by atoms with Crippen LogP contribution in [0.3, 0.4) is 0 Å². The molecule has 5 heteroatoms. The lowest BCUT2D eigenvalue weighted by Gasteiger charge is -2.21. The summed E-state index contributed by atoms with van der Waals surface area (Å²) in [5, 5.41) is 0. The van der Waals surface area contributed by atoms with Gasteiger partial charge in [-0.1, -0.05) is 18.2 Å². The van der Waals surface area contributed by atoms with Crippen LogP contribution in [0.2, 0.25) is 0 Å². The van der Waals surface area contributed by atoms with Crippen LogP contribution >= 0.6 is 11.8 Å². The Labute approximate surface area is 100 Å². The standard InChI is InChI=1S/C11H14O3S2/c12-16(13,10-5-2-1-3-6-10)9-11-14-7-4-8-15-11/h1-3,5-6,11H,4,7-9H2. The van der Waals surface area contributed by atoms with Gasteiger partial charge in [0.2, 0.25) is 0 Å². The van der Waals surface area contributed by atoms with Crippen molar-refractivity contribution in [3.63, 3.8) is 0 Å². The SMILES string of the molecule is O=S(=O)(CC1OCCCS1)c1ccccc1. The number of thioether (sulfide) groups is 1. The molecule has 1 heterocycles. The van der Waals surface area contributed by atoms with E-state index >= 15 is 0 Å². The van der Waals surface area contributed by atoms with Crippen LogP contribution in [0.1, 0.15) is 6.42 Å². The average molecular weight is 258 g/mol. The first-order valence-electron chi connectivity index (χ1n) is 5.19. The summed E-state index contributed by atoms with van der Waals surface area (Å²) in [4.78, 5) is 0.379. The van der Waals surface area contributed by atoms with Crippen molar-refractivity contribution in [1.29, 1.82) is 0 Å². The molecule has 0 spiro atoms. The fourth-order valence-corrected chi connectivity index (χ4v) is 4.42. The van der Waals surface area contributed by atoms with E-state index in [1.807, 2.05) is 6.07 Å². The van der Waals surface area contributed by atoms with Gasteiger partial charge in [0.25, 0.3) is 0 Å². The summed E-state index contributed by atoms with van der Waals surface area (Å²) < 4.78 is 29.4. The van der Waals surface area contributed by atoms with E-state index in [4.69, 9.17) is 4.74 Å². The molecule has 0 saturated carbocycles. The summed E-state index contributed by atoms with van der Waals surface area (Å²) in [5.41, 5.74) is -0.209. The molecule has 2 rings (SSSR count). The Kier molecular flexibility index (Phi) is 3.89. The van der Waals surface area contributed by atoms with Gasteiger partial charge in [-0.15, -0.1) is 11.8 Å². The van der Waals surface area contributed by atoms with Gasteiger partial charge in [0.15, 0.2) is 9.84 Å². The lowest BCUT2D eigenvalue weighted by Crippen LogP contribution is -2.25. The smallest absolute Gasteiger partial charge is 0.181 e. The van der Waals surface area contributed by atoms with E-state index in [2.05, 4.69) is 0 Å². The van der Waals surface area contributed by atoms with Gasteiger partial charge in [-0.25, -0.2) is 8.42 Å². The van der Waals surface area contributed by atoms with Gasteiger partial charge in [-0.2, -0.15) is 0 Å². The minimum atomic E-state index is -3.21.